The number of rotatable bonds is 6. The average molecular weight is 415 g/mol. The first-order valence-corrected chi connectivity index (χ1v) is 8.49. The van der Waals surface area contributed by atoms with Crippen LogP contribution in [-0.2, 0) is 11.4 Å². The molecule has 3 aromatic rings. The number of furan rings is 1. The van der Waals surface area contributed by atoms with Crippen LogP contribution >= 0.6 is 15.9 Å². The molecule has 6 nitrogen and oxygen atoms in total. The highest BCUT2D eigenvalue weighted by atomic mass is 79.9. The molecule has 0 radical (unpaired) electrons. The molecule has 0 aliphatic rings. The number of para-hydroxylation sites is 1. The second kappa shape index (κ2) is 8.35. The second-order valence-corrected chi connectivity index (χ2v) is 6.06. The number of halogens is 1. The summed E-state index contributed by atoms with van der Waals surface area (Å²) < 4.78 is 11.9. The van der Waals surface area contributed by atoms with Crippen molar-refractivity contribution in [1.29, 1.82) is 0 Å². The Morgan fingerprint density at radius 3 is 2.54 bits per heavy atom. The summed E-state index contributed by atoms with van der Waals surface area (Å²) in [5, 5.41) is 3.63. The number of nitrogens with two attached hydrogens (primary N) is 1. The third-order valence-electron chi connectivity index (χ3n) is 3.37. The molecule has 3 rings (SSSR count). The fraction of sp³-hybridized carbons (Fsp3) is 0.0526. The number of carbonyl (C=O) groups excluding carboxylic acids is 1. The van der Waals surface area contributed by atoms with E-state index in [0.717, 1.165) is 4.47 Å². The molecule has 2 aromatic carbocycles. The zero-order valence-corrected chi connectivity index (χ0v) is 15.2. The zero-order chi connectivity index (χ0) is 18.4. The summed E-state index contributed by atoms with van der Waals surface area (Å²) in [5.74, 6) is 0.528. The van der Waals surface area contributed by atoms with Gasteiger partial charge in [-0.2, -0.15) is 0 Å². The van der Waals surface area contributed by atoms with Crippen LogP contribution < -0.4 is 10.5 Å². The maximum Gasteiger partial charge on any atom is 0.400 e. The molecule has 0 fully saturated rings. The van der Waals surface area contributed by atoms with Gasteiger partial charge in [0.05, 0.1) is 4.47 Å². The minimum atomic E-state index is -0.740. The van der Waals surface area contributed by atoms with E-state index in [1.54, 1.807) is 18.2 Å². The van der Waals surface area contributed by atoms with Gasteiger partial charge in [-0.15, -0.1) is 0 Å². The lowest BCUT2D eigenvalue weighted by Gasteiger charge is -2.05. The van der Waals surface area contributed by atoms with Crippen LogP contribution in [-0.4, -0.2) is 11.8 Å². The van der Waals surface area contributed by atoms with E-state index in [2.05, 4.69) is 21.1 Å². The highest BCUT2D eigenvalue weighted by Crippen LogP contribution is 2.25. The van der Waals surface area contributed by atoms with Gasteiger partial charge in [0.25, 0.3) is 0 Å². The Morgan fingerprint density at radius 1 is 1.04 bits per heavy atom. The minimum absolute atomic E-state index is 0.0142. The lowest BCUT2D eigenvalue weighted by molar-refractivity contribution is 0.0475. The van der Waals surface area contributed by atoms with Crippen molar-refractivity contribution in [2.75, 3.05) is 0 Å². The Balaban J connectivity index is 1.59. The van der Waals surface area contributed by atoms with Gasteiger partial charge >= 0.3 is 5.97 Å². The minimum Gasteiger partial charge on any atom is -0.484 e. The van der Waals surface area contributed by atoms with Gasteiger partial charge in [-0.1, -0.05) is 47.6 Å². The molecule has 2 N–H and O–H groups in total. The molecule has 0 bridgehead atoms. The molecule has 0 aliphatic carbocycles. The highest BCUT2D eigenvalue weighted by Gasteiger charge is 2.14. The van der Waals surface area contributed by atoms with Crippen LogP contribution in [0.1, 0.15) is 21.9 Å². The van der Waals surface area contributed by atoms with E-state index in [1.807, 2.05) is 42.5 Å². The first kappa shape index (κ1) is 17.8. The SMILES string of the molecule is N/C(=N\OC(=O)c1ccc(COc2ccccc2Br)o1)c1ccccc1. The second-order valence-electron chi connectivity index (χ2n) is 5.21. The van der Waals surface area contributed by atoms with Crippen LogP contribution in [0, 0.1) is 0 Å². The molecule has 7 heteroatoms. The summed E-state index contributed by atoms with van der Waals surface area (Å²) in [7, 11) is 0. The number of nitrogens with zero attached hydrogens (tertiary/aromatic N) is 1. The van der Waals surface area contributed by atoms with Crippen molar-refractivity contribution in [2.45, 2.75) is 6.61 Å². The fourth-order valence-corrected chi connectivity index (χ4v) is 2.47. The van der Waals surface area contributed by atoms with Gasteiger partial charge in [0.15, 0.2) is 5.84 Å². The zero-order valence-electron chi connectivity index (χ0n) is 13.6. The highest BCUT2D eigenvalue weighted by molar-refractivity contribution is 9.10. The van der Waals surface area contributed by atoms with Gasteiger partial charge in [0, 0.05) is 5.56 Å². The van der Waals surface area contributed by atoms with Crippen LogP contribution in [0.3, 0.4) is 0 Å². The number of oxime groups is 1. The van der Waals surface area contributed by atoms with Crippen LogP contribution in [0.4, 0.5) is 0 Å². The first-order valence-electron chi connectivity index (χ1n) is 7.70. The molecule has 1 heterocycles. The molecule has 0 spiro atoms. The summed E-state index contributed by atoms with van der Waals surface area (Å²) in [4.78, 5) is 16.8. The summed E-state index contributed by atoms with van der Waals surface area (Å²) in [6.07, 6.45) is 0. The van der Waals surface area contributed by atoms with Crippen LogP contribution in [0.2, 0.25) is 0 Å². The Labute approximate surface area is 158 Å². The van der Waals surface area contributed by atoms with Gasteiger partial charge in [-0.05, 0) is 40.2 Å². The van der Waals surface area contributed by atoms with Crippen molar-refractivity contribution in [2.24, 2.45) is 10.9 Å². The van der Waals surface area contributed by atoms with Crippen LogP contribution in [0.25, 0.3) is 0 Å². The smallest absolute Gasteiger partial charge is 0.400 e. The molecular formula is C19H15BrN2O4. The topological polar surface area (TPSA) is 87.1 Å². The van der Waals surface area contributed by atoms with E-state index in [0.29, 0.717) is 17.1 Å². The molecule has 26 heavy (non-hydrogen) atoms. The molecule has 1 aromatic heterocycles. The van der Waals surface area contributed by atoms with E-state index in [1.165, 1.54) is 6.07 Å². The Hall–Kier alpha value is -3.06. The van der Waals surface area contributed by atoms with Gasteiger partial charge in [0.2, 0.25) is 5.76 Å². The molecule has 0 atom stereocenters. The van der Waals surface area contributed by atoms with Crippen molar-refractivity contribution in [1.82, 2.24) is 0 Å². The van der Waals surface area contributed by atoms with Gasteiger partial charge in [-0.25, -0.2) is 4.79 Å². The quantitative estimate of drug-likeness (QED) is 0.284. The lowest BCUT2D eigenvalue weighted by atomic mass is 10.2. The van der Waals surface area contributed by atoms with E-state index < -0.39 is 5.97 Å². The van der Waals surface area contributed by atoms with Gasteiger partial charge in [0.1, 0.15) is 18.1 Å². The van der Waals surface area contributed by atoms with E-state index in [4.69, 9.17) is 19.7 Å². The predicted octanol–water partition coefficient (Wildman–Crippen LogP) is 4.10. The normalized spacial score (nSPS) is 11.2. The largest absolute Gasteiger partial charge is 0.484 e. The van der Waals surface area contributed by atoms with Crippen molar-refractivity contribution < 1.29 is 18.8 Å². The molecular weight excluding hydrogens is 400 g/mol. The maximum absolute atomic E-state index is 12.0. The summed E-state index contributed by atoms with van der Waals surface area (Å²) in [6.45, 7) is 0.172. The monoisotopic (exact) mass is 414 g/mol. The summed E-state index contributed by atoms with van der Waals surface area (Å²) in [6, 6.07) is 19.6. The number of amidine groups is 1. The summed E-state index contributed by atoms with van der Waals surface area (Å²) >= 11 is 3.40. The maximum atomic E-state index is 12.0. The van der Waals surface area contributed by atoms with Crippen molar-refractivity contribution in [3.8, 4) is 5.75 Å². The van der Waals surface area contributed by atoms with E-state index >= 15 is 0 Å². The molecule has 0 aliphatic heterocycles. The number of benzene rings is 2. The first-order chi connectivity index (χ1) is 12.6. The van der Waals surface area contributed by atoms with Crippen molar-refractivity contribution >= 4 is 27.7 Å². The van der Waals surface area contributed by atoms with E-state index in [-0.39, 0.29) is 18.2 Å². The standard InChI is InChI=1S/C19H15BrN2O4/c20-15-8-4-5-9-16(15)24-12-14-10-11-17(25-14)19(23)26-22-18(21)13-6-2-1-3-7-13/h1-11H,12H2,(H2,21,22). The van der Waals surface area contributed by atoms with Gasteiger partial charge in [-0.3, -0.25) is 0 Å². The fourth-order valence-electron chi connectivity index (χ4n) is 2.07. The van der Waals surface area contributed by atoms with Crippen LogP contribution in [0.15, 0.2) is 80.8 Å². The van der Waals surface area contributed by atoms with Gasteiger partial charge < -0.3 is 19.7 Å². The Morgan fingerprint density at radius 2 is 1.77 bits per heavy atom. The number of ether oxygens (including phenoxy) is 1. The van der Waals surface area contributed by atoms with Crippen molar-refractivity contribution in [3.63, 3.8) is 0 Å². The molecule has 0 saturated carbocycles. The number of carbonyl (C=O) groups is 1. The number of hydrogen-bond acceptors (Lipinski definition) is 5. The molecule has 132 valence electrons. The summed E-state index contributed by atoms with van der Waals surface area (Å²) in [5.41, 5.74) is 6.43. The predicted molar refractivity (Wildman–Crippen MR) is 99.8 cm³/mol. The molecule has 0 amide bonds. The average Bonchev–Trinajstić information content (AvgIpc) is 3.15. The molecule has 0 saturated heterocycles. The third-order valence-corrected chi connectivity index (χ3v) is 4.02. The third kappa shape index (κ3) is 4.52. The molecule has 0 unspecified atom stereocenters. The number of hydrogen-bond donors (Lipinski definition) is 1. The Bertz CT molecular complexity index is 922. The Kier molecular flexibility index (Phi) is 5.70. The lowest BCUT2D eigenvalue weighted by Crippen LogP contribution is -2.15. The van der Waals surface area contributed by atoms with E-state index in [9.17, 15) is 4.79 Å². The van der Waals surface area contributed by atoms with Crippen LogP contribution in [0.5, 0.6) is 5.75 Å². The van der Waals surface area contributed by atoms with Crippen molar-refractivity contribution in [3.05, 3.63) is 88.3 Å².